The number of nitrogens with two attached hydrogens (primary N) is 1. The molecule has 27 heavy (non-hydrogen) atoms. The van der Waals surface area contributed by atoms with Crippen LogP contribution in [0.1, 0.15) is 5.56 Å². The molecule has 3 N–H and O–H groups in total. The van der Waals surface area contributed by atoms with Crippen LogP contribution in [0, 0.1) is 0 Å². The minimum atomic E-state index is -4.80. The fraction of sp³-hybridized carbons (Fsp3) is 0.111. The molecule has 140 valence electrons. The normalized spacial score (nSPS) is 12.0. The summed E-state index contributed by atoms with van der Waals surface area (Å²) in [7, 11) is 0. The molecule has 0 unspecified atom stereocenters. The quantitative estimate of drug-likeness (QED) is 0.527. The number of ether oxygens (including phenoxy) is 1. The Kier molecular flexibility index (Phi) is 5.30. The first-order chi connectivity index (χ1) is 12.9. The Morgan fingerprint density at radius 1 is 1.15 bits per heavy atom. The molecule has 6 nitrogen and oxygen atoms in total. The van der Waals surface area contributed by atoms with Crippen LogP contribution < -0.4 is 15.8 Å². The molecule has 0 spiro atoms. The van der Waals surface area contributed by atoms with Gasteiger partial charge in [-0.15, -0.1) is 13.2 Å². The molecule has 0 aliphatic rings. The first-order valence-electron chi connectivity index (χ1n) is 7.90. The molecular weight excluding hydrogens is 359 g/mol. The van der Waals surface area contributed by atoms with Gasteiger partial charge in [-0.3, -0.25) is 0 Å². The topological polar surface area (TPSA) is 77.5 Å². The number of alkyl halides is 3. The average molecular weight is 375 g/mol. The summed E-state index contributed by atoms with van der Waals surface area (Å²) >= 11 is 0. The second-order valence-electron chi connectivity index (χ2n) is 5.47. The molecule has 0 saturated heterocycles. The number of aliphatic imine (C=N–C) groups is 1. The van der Waals surface area contributed by atoms with Gasteiger partial charge < -0.3 is 20.4 Å². The van der Waals surface area contributed by atoms with Crippen molar-refractivity contribution in [2.24, 2.45) is 10.7 Å². The van der Waals surface area contributed by atoms with Crippen molar-refractivity contribution in [2.75, 3.05) is 5.32 Å². The third-order valence-electron chi connectivity index (χ3n) is 3.57. The molecule has 0 aliphatic carbocycles. The fourth-order valence-corrected chi connectivity index (χ4v) is 2.43. The number of rotatable bonds is 5. The van der Waals surface area contributed by atoms with Crippen molar-refractivity contribution >= 4 is 11.6 Å². The largest absolute Gasteiger partial charge is 0.573 e. The van der Waals surface area contributed by atoms with E-state index in [2.05, 4.69) is 20.0 Å². The number of halogens is 3. The van der Waals surface area contributed by atoms with E-state index in [1.807, 2.05) is 28.8 Å². The number of aromatic nitrogens is 2. The van der Waals surface area contributed by atoms with Gasteiger partial charge in [0, 0.05) is 12.4 Å². The van der Waals surface area contributed by atoms with E-state index in [4.69, 9.17) is 5.73 Å². The van der Waals surface area contributed by atoms with E-state index in [1.165, 1.54) is 18.2 Å². The highest BCUT2D eigenvalue weighted by molar-refractivity contribution is 5.93. The molecule has 0 bridgehead atoms. The van der Waals surface area contributed by atoms with Gasteiger partial charge in [0.1, 0.15) is 0 Å². The predicted octanol–water partition coefficient (Wildman–Crippen LogP) is 3.70. The summed E-state index contributed by atoms with van der Waals surface area (Å²) < 4.78 is 43.3. The van der Waals surface area contributed by atoms with E-state index >= 15 is 0 Å². The molecule has 9 heteroatoms. The zero-order valence-corrected chi connectivity index (χ0v) is 14.0. The Bertz CT molecular complexity index is 923. The molecular formula is C18H16F3N5O. The SMILES string of the molecule is NC(=NCc1ccccc1-n1ccnc1)Nc1ccccc1OC(F)(F)F. The number of para-hydroxylation sites is 3. The number of nitrogens with one attached hydrogen (secondary N) is 1. The highest BCUT2D eigenvalue weighted by Crippen LogP contribution is 2.29. The van der Waals surface area contributed by atoms with Crippen LogP contribution in [0.5, 0.6) is 5.75 Å². The number of nitrogens with zero attached hydrogens (tertiary/aromatic N) is 3. The minimum absolute atomic E-state index is 0.0336. The van der Waals surface area contributed by atoms with Crippen LogP contribution in [-0.2, 0) is 6.54 Å². The van der Waals surface area contributed by atoms with Crippen molar-refractivity contribution in [1.29, 1.82) is 0 Å². The number of hydrogen-bond donors (Lipinski definition) is 2. The van der Waals surface area contributed by atoms with Crippen molar-refractivity contribution < 1.29 is 17.9 Å². The van der Waals surface area contributed by atoms with Crippen LogP contribution >= 0.6 is 0 Å². The lowest BCUT2D eigenvalue weighted by Crippen LogP contribution is -2.24. The number of benzene rings is 2. The zero-order chi connectivity index (χ0) is 19.3. The van der Waals surface area contributed by atoms with Gasteiger partial charge in [0.05, 0.1) is 24.2 Å². The van der Waals surface area contributed by atoms with Gasteiger partial charge in [-0.05, 0) is 23.8 Å². The van der Waals surface area contributed by atoms with E-state index < -0.39 is 6.36 Å². The van der Waals surface area contributed by atoms with E-state index in [0.717, 1.165) is 11.3 Å². The maximum Gasteiger partial charge on any atom is 0.573 e. The lowest BCUT2D eigenvalue weighted by atomic mass is 10.2. The molecule has 0 aliphatic heterocycles. The van der Waals surface area contributed by atoms with Crippen LogP contribution in [0.15, 0.2) is 72.2 Å². The first-order valence-corrected chi connectivity index (χ1v) is 7.90. The van der Waals surface area contributed by atoms with Gasteiger partial charge in [0.25, 0.3) is 0 Å². The highest BCUT2D eigenvalue weighted by Gasteiger charge is 2.32. The van der Waals surface area contributed by atoms with Gasteiger partial charge in [-0.1, -0.05) is 30.3 Å². The van der Waals surface area contributed by atoms with Crippen LogP contribution in [-0.4, -0.2) is 21.9 Å². The summed E-state index contributed by atoms with van der Waals surface area (Å²) in [5.74, 6) is -0.421. The molecule has 0 atom stereocenters. The molecule has 0 radical (unpaired) electrons. The third kappa shape index (κ3) is 5.00. The Labute approximate surface area is 153 Å². The standard InChI is InChI=1S/C18H16F3N5O/c19-18(20,21)27-16-8-4-2-6-14(16)25-17(22)24-11-13-5-1-3-7-15(13)26-10-9-23-12-26/h1-10,12H,11H2,(H3,22,24,25). The Hall–Kier alpha value is -3.49. The van der Waals surface area contributed by atoms with Gasteiger partial charge in [0.2, 0.25) is 0 Å². The van der Waals surface area contributed by atoms with E-state index in [0.29, 0.717) is 0 Å². The molecule has 3 rings (SSSR count). The average Bonchev–Trinajstić information content (AvgIpc) is 3.15. The smallest absolute Gasteiger partial charge is 0.404 e. The van der Waals surface area contributed by atoms with Crippen LogP contribution in [0.4, 0.5) is 18.9 Å². The Balaban J connectivity index is 1.75. The summed E-state index contributed by atoms with van der Waals surface area (Å²) in [5, 5.41) is 2.64. The maximum absolute atomic E-state index is 12.5. The van der Waals surface area contributed by atoms with Gasteiger partial charge in [-0.2, -0.15) is 0 Å². The lowest BCUT2D eigenvalue weighted by molar-refractivity contribution is -0.274. The summed E-state index contributed by atoms with van der Waals surface area (Å²) in [6.45, 7) is 0.232. The predicted molar refractivity (Wildman–Crippen MR) is 95.6 cm³/mol. The van der Waals surface area contributed by atoms with Gasteiger partial charge in [0.15, 0.2) is 11.7 Å². The summed E-state index contributed by atoms with van der Waals surface area (Å²) in [6.07, 6.45) is 0.324. The Morgan fingerprint density at radius 3 is 2.63 bits per heavy atom. The van der Waals surface area contributed by atoms with Crippen molar-refractivity contribution in [2.45, 2.75) is 12.9 Å². The van der Waals surface area contributed by atoms with Crippen molar-refractivity contribution in [3.63, 3.8) is 0 Å². The van der Waals surface area contributed by atoms with Crippen LogP contribution in [0.2, 0.25) is 0 Å². The fourth-order valence-electron chi connectivity index (χ4n) is 2.43. The molecule has 1 heterocycles. The lowest BCUT2D eigenvalue weighted by Gasteiger charge is -2.14. The highest BCUT2D eigenvalue weighted by atomic mass is 19.4. The van der Waals surface area contributed by atoms with Gasteiger partial charge >= 0.3 is 6.36 Å². The second kappa shape index (κ2) is 7.81. The molecule has 3 aromatic rings. The monoisotopic (exact) mass is 375 g/mol. The third-order valence-corrected chi connectivity index (χ3v) is 3.57. The van der Waals surface area contributed by atoms with Crippen LogP contribution in [0.3, 0.4) is 0 Å². The first kappa shape index (κ1) is 18.3. The zero-order valence-electron chi connectivity index (χ0n) is 14.0. The van der Waals surface area contributed by atoms with Crippen molar-refractivity contribution in [3.8, 4) is 11.4 Å². The summed E-state index contributed by atoms with van der Waals surface area (Å²) in [4.78, 5) is 8.22. The number of hydrogen-bond acceptors (Lipinski definition) is 3. The molecule has 1 aromatic heterocycles. The van der Waals surface area contributed by atoms with Crippen molar-refractivity contribution in [1.82, 2.24) is 9.55 Å². The molecule has 0 saturated carbocycles. The Morgan fingerprint density at radius 2 is 1.89 bits per heavy atom. The number of anilines is 1. The van der Waals surface area contributed by atoms with Crippen molar-refractivity contribution in [3.05, 3.63) is 72.8 Å². The maximum atomic E-state index is 12.5. The van der Waals surface area contributed by atoms with E-state index in [-0.39, 0.29) is 23.9 Å². The molecule has 0 fully saturated rings. The number of guanidine groups is 1. The number of imidazole rings is 1. The van der Waals surface area contributed by atoms with E-state index in [1.54, 1.807) is 24.8 Å². The molecule has 2 aromatic carbocycles. The molecule has 0 amide bonds. The van der Waals surface area contributed by atoms with E-state index in [9.17, 15) is 13.2 Å². The van der Waals surface area contributed by atoms with Gasteiger partial charge in [-0.25, -0.2) is 9.98 Å². The minimum Gasteiger partial charge on any atom is -0.404 e. The second-order valence-corrected chi connectivity index (χ2v) is 5.47. The van der Waals surface area contributed by atoms with Crippen LogP contribution in [0.25, 0.3) is 5.69 Å². The summed E-state index contributed by atoms with van der Waals surface area (Å²) in [5.41, 5.74) is 7.66. The summed E-state index contributed by atoms with van der Waals surface area (Å²) in [6, 6.07) is 13.1.